The number of hydrogen-bond donors (Lipinski definition) is 1. The second-order valence-corrected chi connectivity index (χ2v) is 12.9. The minimum atomic E-state index is -4.23. The van der Waals surface area contributed by atoms with Gasteiger partial charge in [-0.05, 0) is 54.8 Å². The summed E-state index contributed by atoms with van der Waals surface area (Å²) in [5, 5.41) is 3.22. The molecular formula is C35H38ClN3O5S. The largest absolute Gasteiger partial charge is 0.495 e. The number of benzene rings is 4. The van der Waals surface area contributed by atoms with Crippen LogP contribution in [0, 0.1) is 0 Å². The third kappa shape index (κ3) is 8.65. The van der Waals surface area contributed by atoms with Crippen molar-refractivity contribution in [1.82, 2.24) is 10.2 Å². The molecule has 0 radical (unpaired) electrons. The highest BCUT2D eigenvalue weighted by atomic mass is 35.5. The van der Waals surface area contributed by atoms with E-state index in [0.29, 0.717) is 12.2 Å². The molecule has 4 aromatic rings. The van der Waals surface area contributed by atoms with Gasteiger partial charge in [0, 0.05) is 19.0 Å². The van der Waals surface area contributed by atoms with Crippen LogP contribution in [-0.2, 0) is 32.6 Å². The van der Waals surface area contributed by atoms with Crippen LogP contribution in [0.1, 0.15) is 31.4 Å². The van der Waals surface area contributed by atoms with Crippen molar-refractivity contribution in [2.75, 3.05) is 18.0 Å². The monoisotopic (exact) mass is 647 g/mol. The van der Waals surface area contributed by atoms with Crippen LogP contribution < -0.4 is 14.4 Å². The molecule has 0 aliphatic carbocycles. The summed E-state index contributed by atoms with van der Waals surface area (Å²) in [6.45, 7) is 3.39. The predicted octanol–water partition coefficient (Wildman–Crippen LogP) is 6.10. The molecule has 4 aromatic carbocycles. The fourth-order valence-corrected chi connectivity index (χ4v) is 6.51. The van der Waals surface area contributed by atoms with Crippen LogP contribution in [0.4, 0.5) is 5.69 Å². The van der Waals surface area contributed by atoms with Crippen molar-refractivity contribution in [3.05, 3.63) is 125 Å². The average molecular weight is 648 g/mol. The third-order valence-corrected chi connectivity index (χ3v) is 9.58. The Kier molecular flexibility index (Phi) is 11.6. The molecule has 2 unspecified atom stereocenters. The fraction of sp³-hybridized carbons (Fsp3) is 0.257. The van der Waals surface area contributed by atoms with Gasteiger partial charge in [0.1, 0.15) is 18.3 Å². The molecule has 0 aliphatic heterocycles. The van der Waals surface area contributed by atoms with Gasteiger partial charge in [-0.1, -0.05) is 97.4 Å². The van der Waals surface area contributed by atoms with Gasteiger partial charge in [-0.25, -0.2) is 8.42 Å². The summed E-state index contributed by atoms with van der Waals surface area (Å²) < 4.78 is 34.5. The topological polar surface area (TPSA) is 96.0 Å². The van der Waals surface area contributed by atoms with Crippen molar-refractivity contribution in [2.24, 2.45) is 0 Å². The van der Waals surface area contributed by atoms with Crippen LogP contribution in [-0.4, -0.2) is 50.9 Å². The fourth-order valence-electron chi connectivity index (χ4n) is 4.83. The van der Waals surface area contributed by atoms with Gasteiger partial charge in [0.2, 0.25) is 11.8 Å². The molecule has 0 aliphatic rings. The number of rotatable bonds is 14. The van der Waals surface area contributed by atoms with Gasteiger partial charge < -0.3 is 15.0 Å². The maximum Gasteiger partial charge on any atom is 0.264 e. The molecule has 45 heavy (non-hydrogen) atoms. The van der Waals surface area contributed by atoms with E-state index in [-0.39, 0.29) is 40.5 Å². The first-order valence-corrected chi connectivity index (χ1v) is 16.5. The minimum absolute atomic E-state index is 0.00898. The van der Waals surface area contributed by atoms with Crippen LogP contribution in [0.3, 0.4) is 0 Å². The maximum absolute atomic E-state index is 14.5. The lowest BCUT2D eigenvalue weighted by Gasteiger charge is -2.34. The number of methoxy groups -OCH3 is 1. The van der Waals surface area contributed by atoms with E-state index in [1.165, 1.54) is 36.3 Å². The molecule has 236 valence electrons. The van der Waals surface area contributed by atoms with Gasteiger partial charge in [-0.2, -0.15) is 0 Å². The molecular weight excluding hydrogens is 610 g/mol. The number of nitrogens with one attached hydrogen (secondary N) is 1. The van der Waals surface area contributed by atoms with E-state index < -0.39 is 28.5 Å². The second-order valence-electron chi connectivity index (χ2n) is 10.7. The number of hydrogen-bond acceptors (Lipinski definition) is 5. The summed E-state index contributed by atoms with van der Waals surface area (Å²) in [4.78, 5) is 29.8. The highest BCUT2D eigenvalue weighted by molar-refractivity contribution is 7.92. The van der Waals surface area contributed by atoms with Crippen LogP contribution in [0.2, 0.25) is 5.02 Å². The maximum atomic E-state index is 14.5. The molecule has 4 rings (SSSR count). The van der Waals surface area contributed by atoms with Gasteiger partial charge in [-0.15, -0.1) is 0 Å². The summed E-state index contributed by atoms with van der Waals surface area (Å²) in [5.74, 6) is -0.507. The number of anilines is 1. The van der Waals surface area contributed by atoms with Crippen molar-refractivity contribution in [1.29, 1.82) is 0 Å². The summed E-state index contributed by atoms with van der Waals surface area (Å²) in [6.07, 6.45) is 0.944. The molecule has 2 atom stereocenters. The van der Waals surface area contributed by atoms with Crippen molar-refractivity contribution in [2.45, 2.75) is 50.2 Å². The average Bonchev–Trinajstić information content (AvgIpc) is 3.06. The molecule has 0 fully saturated rings. The van der Waals surface area contributed by atoms with E-state index >= 15 is 0 Å². The van der Waals surface area contributed by atoms with E-state index in [1.54, 1.807) is 24.3 Å². The van der Waals surface area contributed by atoms with Gasteiger partial charge in [-0.3, -0.25) is 13.9 Å². The van der Waals surface area contributed by atoms with Gasteiger partial charge >= 0.3 is 0 Å². The number of amides is 2. The standard InChI is InChI=1S/C35H38ClN3O5S/c1-4-26(2)37-35(41)32(22-27-14-8-5-9-15-27)38(24-28-16-10-6-11-17-28)34(40)25-39(29-20-21-33(44-3)31(36)23-29)45(42,43)30-18-12-7-13-19-30/h5-21,23,26,32H,4,22,24-25H2,1-3H3,(H,37,41). The lowest BCUT2D eigenvalue weighted by atomic mass is 10.0. The SMILES string of the molecule is CCC(C)NC(=O)C(Cc1ccccc1)N(Cc1ccccc1)C(=O)CN(c1ccc(OC)c(Cl)c1)S(=O)(=O)c1ccccc1. The summed E-state index contributed by atoms with van der Waals surface area (Å²) in [6, 6.07) is 30.1. The first-order valence-electron chi connectivity index (χ1n) is 14.7. The number of carbonyl (C=O) groups excluding carboxylic acids is 2. The molecule has 10 heteroatoms. The lowest BCUT2D eigenvalue weighted by Crippen LogP contribution is -2.54. The molecule has 0 saturated heterocycles. The van der Waals surface area contributed by atoms with Crippen LogP contribution >= 0.6 is 11.6 Å². The van der Waals surface area contributed by atoms with Gasteiger partial charge in [0.15, 0.2) is 0 Å². The highest BCUT2D eigenvalue weighted by Gasteiger charge is 2.35. The number of carbonyl (C=O) groups is 2. The second kappa shape index (κ2) is 15.6. The summed E-state index contributed by atoms with van der Waals surface area (Å²) in [5.41, 5.74) is 1.84. The zero-order valence-corrected chi connectivity index (χ0v) is 27.2. The lowest BCUT2D eigenvalue weighted by molar-refractivity contribution is -0.140. The molecule has 1 N–H and O–H groups in total. The Morgan fingerprint density at radius 2 is 1.44 bits per heavy atom. The Morgan fingerprint density at radius 3 is 2.00 bits per heavy atom. The normalized spacial score (nSPS) is 12.5. The first-order chi connectivity index (χ1) is 21.6. The van der Waals surface area contributed by atoms with E-state index in [9.17, 15) is 18.0 Å². The predicted molar refractivity (Wildman–Crippen MR) is 178 cm³/mol. The van der Waals surface area contributed by atoms with Crippen LogP contribution in [0.15, 0.2) is 114 Å². The van der Waals surface area contributed by atoms with E-state index in [1.807, 2.05) is 74.5 Å². The van der Waals surface area contributed by atoms with Crippen LogP contribution in [0.5, 0.6) is 5.75 Å². The highest BCUT2D eigenvalue weighted by Crippen LogP contribution is 2.32. The molecule has 0 spiro atoms. The number of sulfonamides is 1. The Bertz CT molecular complexity index is 1670. The zero-order chi connectivity index (χ0) is 32.4. The molecule has 0 heterocycles. The molecule has 0 aromatic heterocycles. The Morgan fingerprint density at radius 1 is 0.867 bits per heavy atom. The molecule has 0 bridgehead atoms. The van der Waals surface area contributed by atoms with Gasteiger partial charge in [0.25, 0.3) is 10.0 Å². The Balaban J connectivity index is 1.81. The van der Waals surface area contributed by atoms with E-state index in [4.69, 9.17) is 16.3 Å². The van der Waals surface area contributed by atoms with Crippen molar-refractivity contribution >= 4 is 39.1 Å². The zero-order valence-electron chi connectivity index (χ0n) is 25.6. The minimum Gasteiger partial charge on any atom is -0.495 e. The van der Waals surface area contributed by atoms with E-state index in [0.717, 1.165) is 15.4 Å². The van der Waals surface area contributed by atoms with Gasteiger partial charge in [0.05, 0.1) is 22.7 Å². The molecule has 8 nitrogen and oxygen atoms in total. The first kappa shape index (κ1) is 33.6. The summed E-state index contributed by atoms with van der Waals surface area (Å²) >= 11 is 6.43. The van der Waals surface area contributed by atoms with Crippen molar-refractivity contribution in [3.63, 3.8) is 0 Å². The van der Waals surface area contributed by atoms with Crippen molar-refractivity contribution < 1.29 is 22.7 Å². The number of ether oxygens (including phenoxy) is 1. The Hall–Kier alpha value is -4.34. The third-order valence-electron chi connectivity index (χ3n) is 7.50. The Labute approximate surface area is 270 Å². The number of halogens is 1. The summed E-state index contributed by atoms with van der Waals surface area (Å²) in [7, 11) is -2.77. The van der Waals surface area contributed by atoms with Crippen LogP contribution in [0.25, 0.3) is 0 Å². The quantitative estimate of drug-likeness (QED) is 0.179. The number of nitrogens with zero attached hydrogens (tertiary/aromatic N) is 2. The van der Waals surface area contributed by atoms with E-state index in [2.05, 4.69) is 5.32 Å². The van der Waals surface area contributed by atoms with Crippen molar-refractivity contribution in [3.8, 4) is 5.75 Å². The molecule has 2 amide bonds. The smallest absolute Gasteiger partial charge is 0.264 e. The molecule has 0 saturated carbocycles.